The fourth-order valence-corrected chi connectivity index (χ4v) is 1.85. The summed E-state index contributed by atoms with van der Waals surface area (Å²) in [7, 11) is 0. The van der Waals surface area contributed by atoms with E-state index in [-0.39, 0.29) is 6.54 Å². The monoisotopic (exact) mass is 246 g/mol. The Labute approximate surface area is 105 Å². The second-order valence-corrected chi connectivity index (χ2v) is 4.22. The molecule has 1 fully saturated rings. The van der Waals surface area contributed by atoms with Gasteiger partial charge in [-0.15, -0.1) is 0 Å². The lowest BCUT2D eigenvalue weighted by Crippen LogP contribution is -2.33. The van der Waals surface area contributed by atoms with Crippen molar-refractivity contribution in [1.29, 1.82) is 0 Å². The summed E-state index contributed by atoms with van der Waals surface area (Å²) in [4.78, 5) is 37.4. The van der Waals surface area contributed by atoms with E-state index >= 15 is 0 Å². The van der Waals surface area contributed by atoms with Crippen LogP contribution in [0.25, 0.3) is 0 Å². The second kappa shape index (κ2) is 4.60. The molecule has 1 heterocycles. The van der Waals surface area contributed by atoms with Gasteiger partial charge in [0.1, 0.15) is 0 Å². The fourth-order valence-electron chi connectivity index (χ4n) is 1.85. The van der Waals surface area contributed by atoms with Crippen molar-refractivity contribution in [1.82, 2.24) is 4.90 Å². The molecule has 1 saturated heterocycles. The first-order chi connectivity index (χ1) is 8.56. The molecule has 5 nitrogen and oxygen atoms in total. The lowest BCUT2D eigenvalue weighted by molar-refractivity contribution is -0.139. The van der Waals surface area contributed by atoms with E-state index < -0.39 is 17.8 Å². The first-order valence-corrected chi connectivity index (χ1v) is 5.83. The van der Waals surface area contributed by atoms with Crippen molar-refractivity contribution < 1.29 is 14.4 Å². The van der Waals surface area contributed by atoms with Crippen molar-refractivity contribution in [3.63, 3.8) is 0 Å². The Bertz CT molecular complexity index is 507. The molecule has 1 aliphatic rings. The van der Waals surface area contributed by atoms with Crippen LogP contribution in [0.15, 0.2) is 24.3 Å². The van der Waals surface area contributed by atoms with Gasteiger partial charge in [0.2, 0.25) is 0 Å². The molecule has 1 aliphatic heterocycles. The van der Waals surface area contributed by atoms with Gasteiger partial charge >= 0.3 is 17.8 Å². The van der Waals surface area contributed by atoms with Crippen molar-refractivity contribution in [2.75, 3.05) is 11.4 Å². The average molecular weight is 246 g/mol. The molecule has 0 spiro atoms. The van der Waals surface area contributed by atoms with Crippen molar-refractivity contribution in [2.24, 2.45) is 0 Å². The summed E-state index contributed by atoms with van der Waals surface area (Å²) in [5.74, 6) is -1.53. The summed E-state index contributed by atoms with van der Waals surface area (Å²) in [5.41, 5.74) is 1.46. The molecule has 0 atom stereocenters. The Morgan fingerprint density at radius 2 is 1.61 bits per heavy atom. The SMILES string of the molecule is CCCN1C(=O)C(=O)N(c2ccc(C)cc2)C1=O. The van der Waals surface area contributed by atoms with Crippen LogP contribution in [0.3, 0.4) is 0 Å². The highest BCUT2D eigenvalue weighted by molar-refractivity contribution is 6.52. The van der Waals surface area contributed by atoms with Crippen LogP contribution >= 0.6 is 0 Å². The Kier molecular flexibility index (Phi) is 3.14. The zero-order chi connectivity index (χ0) is 13.3. The summed E-state index contributed by atoms with van der Waals surface area (Å²) in [6.45, 7) is 4.03. The molecule has 0 unspecified atom stereocenters. The average Bonchev–Trinajstić information content (AvgIpc) is 2.56. The van der Waals surface area contributed by atoms with Gasteiger partial charge in [0, 0.05) is 6.54 Å². The van der Waals surface area contributed by atoms with Gasteiger partial charge in [0.25, 0.3) is 0 Å². The van der Waals surface area contributed by atoms with Crippen LogP contribution in [0.2, 0.25) is 0 Å². The summed E-state index contributed by atoms with van der Waals surface area (Å²) in [5, 5.41) is 0. The Hall–Kier alpha value is -2.17. The summed E-state index contributed by atoms with van der Waals surface area (Å²) >= 11 is 0. The molecule has 5 heteroatoms. The molecule has 4 amide bonds. The zero-order valence-corrected chi connectivity index (χ0v) is 10.3. The molecule has 0 aromatic heterocycles. The molecule has 18 heavy (non-hydrogen) atoms. The predicted octanol–water partition coefficient (Wildman–Crippen LogP) is 1.70. The van der Waals surface area contributed by atoms with Crippen LogP contribution in [0.4, 0.5) is 10.5 Å². The van der Waals surface area contributed by atoms with Crippen molar-refractivity contribution in [3.05, 3.63) is 29.8 Å². The highest BCUT2D eigenvalue weighted by atomic mass is 16.2. The summed E-state index contributed by atoms with van der Waals surface area (Å²) < 4.78 is 0. The Balaban J connectivity index is 2.34. The number of anilines is 1. The molecule has 2 rings (SSSR count). The Morgan fingerprint density at radius 3 is 2.17 bits per heavy atom. The number of rotatable bonds is 3. The van der Waals surface area contributed by atoms with E-state index in [1.807, 2.05) is 13.8 Å². The van der Waals surface area contributed by atoms with Gasteiger partial charge in [-0.3, -0.25) is 14.5 Å². The normalized spacial score (nSPS) is 15.8. The first kappa shape index (κ1) is 12.3. The van der Waals surface area contributed by atoms with Crippen LogP contribution in [0, 0.1) is 6.92 Å². The van der Waals surface area contributed by atoms with E-state index in [0.717, 1.165) is 15.4 Å². The van der Waals surface area contributed by atoms with E-state index in [0.29, 0.717) is 12.1 Å². The standard InChI is InChI=1S/C13H14N2O3/c1-3-8-14-11(16)12(17)15(13(14)18)10-6-4-9(2)5-7-10/h4-7H,3,8H2,1-2H3. The molecule has 0 radical (unpaired) electrons. The minimum Gasteiger partial charge on any atom is -0.263 e. The third-order valence-electron chi connectivity index (χ3n) is 2.79. The quantitative estimate of drug-likeness (QED) is 0.602. The second-order valence-electron chi connectivity index (χ2n) is 4.22. The minimum absolute atomic E-state index is 0.270. The van der Waals surface area contributed by atoms with Crippen molar-refractivity contribution in [3.8, 4) is 0 Å². The summed E-state index contributed by atoms with van der Waals surface area (Å²) in [6.07, 6.45) is 0.631. The van der Waals surface area contributed by atoms with Crippen molar-refractivity contribution >= 4 is 23.5 Å². The summed E-state index contributed by atoms with van der Waals surface area (Å²) in [6, 6.07) is 6.35. The number of aryl methyl sites for hydroxylation is 1. The molecule has 0 bridgehead atoms. The van der Waals surface area contributed by atoms with E-state index in [9.17, 15) is 14.4 Å². The molecular formula is C13H14N2O3. The molecule has 0 saturated carbocycles. The Morgan fingerprint density at radius 1 is 1.00 bits per heavy atom. The predicted molar refractivity (Wildman–Crippen MR) is 66.1 cm³/mol. The number of benzene rings is 1. The van der Waals surface area contributed by atoms with Crippen LogP contribution in [-0.2, 0) is 9.59 Å². The largest absolute Gasteiger partial charge is 0.338 e. The third-order valence-corrected chi connectivity index (χ3v) is 2.79. The molecular weight excluding hydrogens is 232 g/mol. The van der Waals surface area contributed by atoms with Gasteiger partial charge < -0.3 is 0 Å². The smallest absolute Gasteiger partial charge is 0.263 e. The minimum atomic E-state index is -0.780. The molecule has 0 N–H and O–H groups in total. The lowest BCUT2D eigenvalue weighted by atomic mass is 10.2. The number of nitrogens with zero attached hydrogens (tertiary/aromatic N) is 2. The van der Waals surface area contributed by atoms with Crippen LogP contribution in [0.1, 0.15) is 18.9 Å². The van der Waals surface area contributed by atoms with Gasteiger partial charge in [0.05, 0.1) is 5.69 Å². The van der Waals surface area contributed by atoms with Gasteiger partial charge in [-0.1, -0.05) is 24.6 Å². The zero-order valence-electron chi connectivity index (χ0n) is 10.3. The highest BCUT2D eigenvalue weighted by Crippen LogP contribution is 2.22. The molecule has 1 aromatic rings. The highest BCUT2D eigenvalue weighted by Gasteiger charge is 2.44. The number of carbonyl (C=O) groups is 3. The number of hydrogen-bond donors (Lipinski definition) is 0. The van der Waals surface area contributed by atoms with Gasteiger partial charge in [-0.25, -0.2) is 9.69 Å². The van der Waals surface area contributed by atoms with Crippen LogP contribution in [-0.4, -0.2) is 29.3 Å². The van der Waals surface area contributed by atoms with Crippen LogP contribution < -0.4 is 4.90 Å². The van der Waals surface area contributed by atoms with Gasteiger partial charge in [-0.2, -0.15) is 0 Å². The van der Waals surface area contributed by atoms with Gasteiger partial charge in [-0.05, 0) is 25.5 Å². The maximum absolute atomic E-state index is 12.0. The van der Waals surface area contributed by atoms with E-state index in [4.69, 9.17) is 0 Å². The third kappa shape index (κ3) is 1.88. The van der Waals surface area contributed by atoms with Crippen molar-refractivity contribution in [2.45, 2.75) is 20.3 Å². The molecule has 1 aromatic carbocycles. The first-order valence-electron chi connectivity index (χ1n) is 5.83. The maximum Gasteiger partial charge on any atom is 0.338 e. The van der Waals surface area contributed by atoms with Gasteiger partial charge in [0.15, 0.2) is 0 Å². The number of urea groups is 1. The van der Waals surface area contributed by atoms with Crippen LogP contribution in [0.5, 0.6) is 0 Å². The van der Waals surface area contributed by atoms with E-state index in [2.05, 4.69) is 0 Å². The number of imide groups is 2. The lowest BCUT2D eigenvalue weighted by Gasteiger charge is -2.14. The van der Waals surface area contributed by atoms with E-state index in [1.165, 1.54) is 0 Å². The topological polar surface area (TPSA) is 57.7 Å². The maximum atomic E-state index is 12.0. The molecule has 94 valence electrons. The number of amides is 4. The number of carbonyl (C=O) groups excluding carboxylic acids is 3. The molecule has 0 aliphatic carbocycles. The van der Waals surface area contributed by atoms with E-state index in [1.54, 1.807) is 24.3 Å². The number of hydrogen-bond acceptors (Lipinski definition) is 3. The fraction of sp³-hybridized carbons (Fsp3) is 0.308.